The van der Waals surface area contributed by atoms with E-state index in [-0.39, 0.29) is 32.4 Å². The summed E-state index contributed by atoms with van der Waals surface area (Å²) in [5, 5.41) is 9.45. The summed E-state index contributed by atoms with van der Waals surface area (Å²) in [6, 6.07) is 0. The molecule has 0 aliphatic rings. The van der Waals surface area contributed by atoms with Crippen LogP contribution in [0.1, 0.15) is 13.8 Å². The Morgan fingerprint density at radius 1 is 1.32 bits per heavy atom. The topological polar surface area (TPSA) is 135 Å². The molecule has 11 heteroatoms. The third-order valence-electron chi connectivity index (χ3n) is 3.14. The first-order valence-corrected chi connectivity index (χ1v) is 9.36. The Kier molecular flexibility index (Phi) is 7.03. The number of hydrogen-bond donors (Lipinski definition) is 2. The average molecular weight is 371 g/mol. The van der Waals surface area contributed by atoms with Crippen LogP contribution in [0, 0.1) is 0 Å². The summed E-state index contributed by atoms with van der Waals surface area (Å²) >= 11 is 0. The lowest BCUT2D eigenvalue weighted by Crippen LogP contribution is -2.17. The molecule has 0 bridgehead atoms. The molecule has 0 aromatic carbocycles. The molecule has 0 amide bonds. The van der Waals surface area contributed by atoms with Crippen LogP contribution in [0.25, 0.3) is 11.2 Å². The molecule has 3 N–H and O–H groups in total. The van der Waals surface area contributed by atoms with Crippen LogP contribution < -0.4 is 5.73 Å². The van der Waals surface area contributed by atoms with E-state index in [1.165, 1.54) is 24.5 Å². The summed E-state index contributed by atoms with van der Waals surface area (Å²) < 4.78 is 29.9. The molecule has 0 radical (unpaired) electrons. The van der Waals surface area contributed by atoms with Crippen molar-refractivity contribution in [3.8, 4) is 0 Å². The second kappa shape index (κ2) is 9.02. The van der Waals surface area contributed by atoms with Gasteiger partial charge in [-0.3, -0.25) is 9.13 Å². The van der Waals surface area contributed by atoms with Gasteiger partial charge in [0.25, 0.3) is 0 Å². The van der Waals surface area contributed by atoms with Gasteiger partial charge in [0.2, 0.25) is 0 Å². The standard InChI is InChI=1S/C14H22N5O5P/c1-3-23-25(21,24-4-2)6-5-11(7-20)22-10-19-9-18-12-13(15)16-8-17-14(12)19/h5-6,8-9,11,20H,3-4,7,10H2,1-2H3,(H2,15,16,17)/b6-5+/t11-/m1/s1. The van der Waals surface area contributed by atoms with Gasteiger partial charge in [-0.15, -0.1) is 0 Å². The van der Waals surface area contributed by atoms with E-state index in [4.69, 9.17) is 19.5 Å². The molecule has 10 nitrogen and oxygen atoms in total. The average Bonchev–Trinajstić information content (AvgIpc) is 3.00. The highest BCUT2D eigenvalue weighted by molar-refractivity contribution is 7.57. The van der Waals surface area contributed by atoms with Crippen molar-refractivity contribution >= 4 is 24.6 Å². The largest absolute Gasteiger partial charge is 0.393 e. The first-order chi connectivity index (χ1) is 12.0. The van der Waals surface area contributed by atoms with E-state index in [1.807, 2.05) is 0 Å². The number of anilines is 1. The Morgan fingerprint density at radius 2 is 2.04 bits per heavy atom. The van der Waals surface area contributed by atoms with Crippen LogP contribution in [0.3, 0.4) is 0 Å². The van der Waals surface area contributed by atoms with Crippen LogP contribution in [-0.4, -0.2) is 50.6 Å². The lowest BCUT2D eigenvalue weighted by atomic mass is 10.4. The molecule has 25 heavy (non-hydrogen) atoms. The van der Waals surface area contributed by atoms with Gasteiger partial charge in [-0.05, 0) is 19.9 Å². The maximum Gasteiger partial charge on any atom is 0.353 e. The van der Waals surface area contributed by atoms with Crippen molar-refractivity contribution in [2.45, 2.75) is 26.7 Å². The van der Waals surface area contributed by atoms with Crippen molar-refractivity contribution in [2.24, 2.45) is 0 Å². The summed E-state index contributed by atoms with van der Waals surface area (Å²) in [5.41, 5.74) is 6.71. The third-order valence-corrected chi connectivity index (χ3v) is 4.91. The van der Waals surface area contributed by atoms with Gasteiger partial charge < -0.3 is 24.6 Å². The fourth-order valence-electron chi connectivity index (χ4n) is 2.02. The van der Waals surface area contributed by atoms with E-state index in [0.717, 1.165) is 0 Å². The molecule has 0 unspecified atom stereocenters. The lowest BCUT2D eigenvalue weighted by molar-refractivity contribution is 0.00464. The highest BCUT2D eigenvalue weighted by atomic mass is 31.2. The van der Waals surface area contributed by atoms with E-state index in [0.29, 0.717) is 11.2 Å². The molecular formula is C14H22N5O5P. The summed E-state index contributed by atoms with van der Waals surface area (Å²) in [4.78, 5) is 12.1. The highest BCUT2D eigenvalue weighted by Gasteiger charge is 2.20. The molecule has 2 aromatic rings. The predicted octanol–water partition coefficient (Wildman–Crippen LogP) is 1.52. The van der Waals surface area contributed by atoms with Crippen molar-refractivity contribution < 1.29 is 23.5 Å². The first kappa shape index (κ1) is 19.5. The molecule has 2 heterocycles. The van der Waals surface area contributed by atoms with Gasteiger partial charge >= 0.3 is 7.60 Å². The molecule has 138 valence electrons. The normalized spacial score (nSPS) is 13.7. The monoisotopic (exact) mass is 371 g/mol. The summed E-state index contributed by atoms with van der Waals surface area (Å²) in [6.45, 7) is 3.69. The second-order valence-electron chi connectivity index (χ2n) is 4.88. The SMILES string of the molecule is CCOP(=O)(/C=C/[C@H](CO)OCn1cnc2c(N)ncnc21)OCC. The van der Waals surface area contributed by atoms with E-state index in [9.17, 15) is 9.67 Å². The maximum absolute atomic E-state index is 12.4. The maximum atomic E-state index is 12.4. The molecule has 0 aliphatic heterocycles. The number of hydrogen-bond acceptors (Lipinski definition) is 9. The number of nitrogen functional groups attached to an aromatic ring is 1. The van der Waals surface area contributed by atoms with Crippen LogP contribution in [0.2, 0.25) is 0 Å². The minimum absolute atomic E-state index is 0.0656. The Hall–Kier alpha value is -1.84. The van der Waals surface area contributed by atoms with Crippen molar-refractivity contribution in [1.29, 1.82) is 0 Å². The molecule has 0 saturated heterocycles. The van der Waals surface area contributed by atoms with Crippen LogP contribution in [0.5, 0.6) is 0 Å². The number of rotatable bonds is 10. The molecule has 2 rings (SSSR count). The third kappa shape index (κ3) is 5.07. The number of nitrogens with two attached hydrogens (primary N) is 1. The van der Waals surface area contributed by atoms with E-state index >= 15 is 0 Å². The molecule has 0 saturated carbocycles. The molecule has 1 atom stereocenters. The molecule has 2 aromatic heterocycles. The number of fused-ring (bicyclic) bond motifs is 1. The Bertz CT molecular complexity index is 755. The summed E-state index contributed by atoms with van der Waals surface area (Å²) in [6.07, 6.45) is 3.60. The Labute approximate surface area is 145 Å². The number of imidazole rings is 1. The molecular weight excluding hydrogens is 349 g/mol. The van der Waals surface area contributed by atoms with Crippen LogP contribution in [0.15, 0.2) is 24.5 Å². The fraction of sp³-hybridized carbons (Fsp3) is 0.500. The summed E-state index contributed by atoms with van der Waals surface area (Å²) in [7, 11) is -3.34. The van der Waals surface area contributed by atoms with Gasteiger partial charge in [0.15, 0.2) is 11.5 Å². The van der Waals surface area contributed by atoms with Crippen molar-refractivity contribution in [2.75, 3.05) is 25.6 Å². The fourth-order valence-corrected chi connectivity index (χ4v) is 3.39. The zero-order chi connectivity index (χ0) is 18.3. The molecule has 0 spiro atoms. The van der Waals surface area contributed by atoms with Crippen LogP contribution in [0.4, 0.5) is 5.82 Å². The number of nitrogens with zero attached hydrogens (tertiary/aromatic N) is 4. The van der Waals surface area contributed by atoms with Gasteiger partial charge in [0, 0.05) is 5.82 Å². The van der Waals surface area contributed by atoms with Gasteiger partial charge in [-0.2, -0.15) is 0 Å². The smallest absolute Gasteiger partial charge is 0.353 e. The lowest BCUT2D eigenvalue weighted by Gasteiger charge is -2.15. The van der Waals surface area contributed by atoms with E-state index in [1.54, 1.807) is 18.4 Å². The predicted molar refractivity (Wildman–Crippen MR) is 91.7 cm³/mol. The first-order valence-electron chi connectivity index (χ1n) is 7.75. The van der Waals surface area contributed by atoms with Crippen molar-refractivity contribution in [3.05, 3.63) is 24.5 Å². The minimum atomic E-state index is -3.34. The van der Waals surface area contributed by atoms with Crippen molar-refractivity contribution in [1.82, 2.24) is 19.5 Å². The Balaban J connectivity index is 2.05. The zero-order valence-corrected chi connectivity index (χ0v) is 15.0. The van der Waals surface area contributed by atoms with Gasteiger partial charge in [-0.25, -0.2) is 15.0 Å². The second-order valence-corrected chi connectivity index (χ2v) is 6.77. The van der Waals surface area contributed by atoms with Gasteiger partial charge in [0.05, 0.1) is 26.1 Å². The van der Waals surface area contributed by atoms with Crippen molar-refractivity contribution in [3.63, 3.8) is 0 Å². The Morgan fingerprint density at radius 3 is 2.68 bits per heavy atom. The summed E-state index contributed by atoms with van der Waals surface area (Å²) in [5.74, 6) is 1.57. The highest BCUT2D eigenvalue weighted by Crippen LogP contribution is 2.49. The van der Waals surface area contributed by atoms with Crippen LogP contribution >= 0.6 is 7.60 Å². The zero-order valence-electron chi connectivity index (χ0n) is 14.1. The number of aliphatic hydroxyl groups is 1. The van der Waals surface area contributed by atoms with Gasteiger partial charge in [0.1, 0.15) is 24.7 Å². The number of aromatic nitrogens is 4. The van der Waals surface area contributed by atoms with E-state index in [2.05, 4.69) is 15.0 Å². The number of aliphatic hydroxyl groups excluding tert-OH is 1. The minimum Gasteiger partial charge on any atom is -0.393 e. The number of ether oxygens (including phenoxy) is 1. The van der Waals surface area contributed by atoms with Gasteiger partial charge in [-0.1, -0.05) is 0 Å². The molecule has 0 aliphatic carbocycles. The van der Waals surface area contributed by atoms with E-state index < -0.39 is 13.7 Å². The molecule has 0 fully saturated rings. The quantitative estimate of drug-likeness (QED) is 0.596. The van der Waals surface area contributed by atoms with Crippen LogP contribution in [-0.2, 0) is 25.1 Å².